The van der Waals surface area contributed by atoms with Crippen molar-refractivity contribution in [3.05, 3.63) is 206 Å². The van der Waals surface area contributed by atoms with Crippen LogP contribution in [0.25, 0.3) is 111 Å². The van der Waals surface area contributed by atoms with E-state index in [9.17, 15) is 0 Å². The Morgan fingerprint density at radius 1 is 0.179 bits per heavy atom. The molecule has 0 atom stereocenters. The van der Waals surface area contributed by atoms with Crippen LogP contribution in [0.15, 0.2) is 215 Å². The fourth-order valence-corrected chi connectivity index (χ4v) is 8.20. The molecule has 0 saturated heterocycles. The second kappa shape index (κ2) is 13.2. The Hall–Kier alpha value is -7.42. The van der Waals surface area contributed by atoms with E-state index in [1.54, 1.807) is 0 Å². The zero-order valence-corrected chi connectivity index (χ0v) is 30.4. The molecule has 2 heteroatoms. The number of para-hydroxylation sites is 2. The van der Waals surface area contributed by atoms with Crippen LogP contribution in [0.4, 0.5) is 0 Å². The van der Waals surface area contributed by atoms with Crippen LogP contribution in [-0.4, -0.2) is 0 Å². The molecule has 56 heavy (non-hydrogen) atoms. The molecule has 0 bridgehead atoms. The highest BCUT2D eigenvalue weighted by molar-refractivity contribution is 6.07. The van der Waals surface area contributed by atoms with Crippen LogP contribution in [0, 0.1) is 0 Å². The molecule has 2 nitrogen and oxygen atoms in total. The molecule has 0 saturated carbocycles. The molecule has 0 aliphatic rings. The van der Waals surface area contributed by atoms with E-state index in [0.29, 0.717) is 0 Å². The molecular weight excluding hydrogens is 681 g/mol. The van der Waals surface area contributed by atoms with E-state index in [1.165, 1.54) is 66.8 Å². The molecule has 0 aliphatic carbocycles. The first-order valence-corrected chi connectivity index (χ1v) is 19.1. The van der Waals surface area contributed by atoms with Crippen molar-refractivity contribution in [3.8, 4) is 66.8 Å². The van der Waals surface area contributed by atoms with E-state index < -0.39 is 0 Å². The van der Waals surface area contributed by atoms with Crippen molar-refractivity contribution in [3.63, 3.8) is 0 Å². The number of furan rings is 2. The minimum Gasteiger partial charge on any atom is -0.456 e. The van der Waals surface area contributed by atoms with Crippen LogP contribution < -0.4 is 0 Å². The molecule has 0 unspecified atom stereocenters. The lowest BCUT2D eigenvalue weighted by Gasteiger charge is -2.11. The Morgan fingerprint density at radius 3 is 0.732 bits per heavy atom. The highest BCUT2D eigenvalue weighted by atomic mass is 16.3. The van der Waals surface area contributed by atoms with E-state index in [1.807, 2.05) is 24.3 Å². The monoisotopic (exact) mass is 714 g/mol. The van der Waals surface area contributed by atoms with Crippen molar-refractivity contribution in [1.29, 1.82) is 0 Å². The van der Waals surface area contributed by atoms with Gasteiger partial charge >= 0.3 is 0 Å². The lowest BCUT2D eigenvalue weighted by Crippen LogP contribution is -1.86. The molecule has 2 aromatic heterocycles. The molecule has 0 amide bonds. The Labute approximate surface area is 324 Å². The first kappa shape index (κ1) is 32.0. The zero-order chi connectivity index (χ0) is 37.0. The summed E-state index contributed by atoms with van der Waals surface area (Å²) >= 11 is 0. The van der Waals surface area contributed by atoms with E-state index in [4.69, 9.17) is 8.83 Å². The smallest absolute Gasteiger partial charge is 0.135 e. The van der Waals surface area contributed by atoms with Gasteiger partial charge in [-0.3, -0.25) is 0 Å². The zero-order valence-electron chi connectivity index (χ0n) is 30.4. The summed E-state index contributed by atoms with van der Waals surface area (Å²) in [4.78, 5) is 0. The van der Waals surface area contributed by atoms with Gasteiger partial charge in [-0.15, -0.1) is 0 Å². The standard InChI is InChI=1S/C54H34O2/c1-3-22-51-47(20-1)49-33-45(24-26-53(49)55-51)43-18-8-16-41(31-43)39-14-6-12-37(29-39)35-10-5-11-36(28-35)38-13-7-15-40(30-38)42-17-9-19-44(32-42)46-25-27-54-50(34-46)48-21-2-4-23-52(48)56-54/h1-34H. The molecule has 0 fully saturated rings. The fraction of sp³-hybridized carbons (Fsp3) is 0. The molecule has 0 aliphatic heterocycles. The van der Waals surface area contributed by atoms with Crippen molar-refractivity contribution < 1.29 is 8.83 Å². The second-order valence-electron chi connectivity index (χ2n) is 14.5. The van der Waals surface area contributed by atoms with Crippen LogP contribution in [0.5, 0.6) is 0 Å². The molecule has 0 N–H and O–H groups in total. The quantitative estimate of drug-likeness (QED) is 0.171. The first-order valence-electron chi connectivity index (χ1n) is 19.1. The van der Waals surface area contributed by atoms with Crippen molar-refractivity contribution in [1.82, 2.24) is 0 Å². The lowest BCUT2D eigenvalue weighted by atomic mass is 9.93. The van der Waals surface area contributed by atoms with Crippen molar-refractivity contribution in [2.45, 2.75) is 0 Å². The summed E-state index contributed by atoms with van der Waals surface area (Å²) in [6.07, 6.45) is 0. The van der Waals surface area contributed by atoms with Crippen molar-refractivity contribution in [2.75, 3.05) is 0 Å². The number of hydrogen-bond donors (Lipinski definition) is 0. The summed E-state index contributed by atoms with van der Waals surface area (Å²) in [5.41, 5.74) is 17.9. The average Bonchev–Trinajstić information content (AvgIpc) is 3.84. The average molecular weight is 715 g/mol. The van der Waals surface area contributed by atoms with Gasteiger partial charge in [0.15, 0.2) is 0 Å². The van der Waals surface area contributed by atoms with Crippen LogP contribution in [-0.2, 0) is 0 Å². The highest BCUT2D eigenvalue weighted by Gasteiger charge is 2.12. The van der Waals surface area contributed by atoms with Gasteiger partial charge in [-0.1, -0.05) is 140 Å². The molecule has 2 heterocycles. The third kappa shape index (κ3) is 5.68. The summed E-state index contributed by atoms with van der Waals surface area (Å²) in [6.45, 7) is 0. The van der Waals surface area contributed by atoms with Gasteiger partial charge in [-0.2, -0.15) is 0 Å². The maximum Gasteiger partial charge on any atom is 0.135 e. The van der Waals surface area contributed by atoms with Gasteiger partial charge in [0.2, 0.25) is 0 Å². The third-order valence-corrected chi connectivity index (χ3v) is 11.1. The predicted octanol–water partition coefficient (Wildman–Crippen LogP) is 15.5. The number of benzene rings is 9. The maximum absolute atomic E-state index is 6.09. The second-order valence-corrected chi connectivity index (χ2v) is 14.5. The SMILES string of the molecule is c1cc(-c2cccc(-c3cccc(-c4ccc5oc6ccccc6c5c4)c3)c2)cc(-c2cccc(-c3cccc(-c4ccc5oc6ccccc6c5c4)c3)c2)c1. The normalized spacial score (nSPS) is 11.6. The van der Waals surface area contributed by atoms with Crippen LogP contribution >= 0.6 is 0 Å². The molecular formula is C54H34O2. The molecule has 11 aromatic rings. The summed E-state index contributed by atoms with van der Waals surface area (Å²) in [5.74, 6) is 0. The third-order valence-electron chi connectivity index (χ3n) is 11.1. The van der Waals surface area contributed by atoms with Gasteiger partial charge in [0.25, 0.3) is 0 Å². The van der Waals surface area contributed by atoms with Gasteiger partial charge in [0.1, 0.15) is 22.3 Å². The summed E-state index contributed by atoms with van der Waals surface area (Å²) in [6, 6.07) is 73.7. The molecule has 9 aromatic carbocycles. The van der Waals surface area contributed by atoms with E-state index >= 15 is 0 Å². The number of fused-ring (bicyclic) bond motifs is 6. The Kier molecular flexibility index (Phi) is 7.53. The Morgan fingerprint density at radius 2 is 0.429 bits per heavy atom. The topological polar surface area (TPSA) is 26.3 Å². The Balaban J connectivity index is 0.886. The van der Waals surface area contributed by atoms with Gasteiger partial charge in [-0.25, -0.2) is 0 Å². The first-order chi connectivity index (χ1) is 27.7. The van der Waals surface area contributed by atoms with E-state index in [0.717, 1.165) is 43.9 Å². The van der Waals surface area contributed by atoms with Crippen molar-refractivity contribution >= 4 is 43.9 Å². The fourth-order valence-electron chi connectivity index (χ4n) is 8.20. The number of rotatable bonds is 6. The molecule has 262 valence electrons. The van der Waals surface area contributed by atoms with E-state index in [2.05, 4.69) is 182 Å². The summed E-state index contributed by atoms with van der Waals surface area (Å²) in [7, 11) is 0. The molecule has 11 rings (SSSR count). The maximum atomic E-state index is 6.09. The minimum atomic E-state index is 0.913. The van der Waals surface area contributed by atoms with Gasteiger partial charge in [0, 0.05) is 21.5 Å². The van der Waals surface area contributed by atoms with Crippen LogP contribution in [0.1, 0.15) is 0 Å². The molecule has 0 radical (unpaired) electrons. The van der Waals surface area contributed by atoms with E-state index in [-0.39, 0.29) is 0 Å². The predicted molar refractivity (Wildman–Crippen MR) is 234 cm³/mol. The van der Waals surface area contributed by atoms with Gasteiger partial charge in [-0.05, 0) is 133 Å². The minimum absolute atomic E-state index is 0.913. The van der Waals surface area contributed by atoms with Crippen molar-refractivity contribution in [2.24, 2.45) is 0 Å². The lowest BCUT2D eigenvalue weighted by molar-refractivity contribution is 0.668. The largest absolute Gasteiger partial charge is 0.456 e. The summed E-state index contributed by atoms with van der Waals surface area (Å²) in [5, 5.41) is 4.57. The highest BCUT2D eigenvalue weighted by Crippen LogP contribution is 2.37. The van der Waals surface area contributed by atoms with Gasteiger partial charge in [0.05, 0.1) is 0 Å². The van der Waals surface area contributed by atoms with Crippen LogP contribution in [0.2, 0.25) is 0 Å². The summed E-state index contributed by atoms with van der Waals surface area (Å²) < 4.78 is 12.2. The Bertz CT molecular complexity index is 3050. The van der Waals surface area contributed by atoms with Crippen LogP contribution in [0.3, 0.4) is 0 Å². The number of hydrogen-bond acceptors (Lipinski definition) is 2. The molecule has 0 spiro atoms. The van der Waals surface area contributed by atoms with Gasteiger partial charge < -0.3 is 8.83 Å².